The van der Waals surface area contributed by atoms with E-state index in [0.29, 0.717) is 5.76 Å². The van der Waals surface area contributed by atoms with E-state index in [0.717, 1.165) is 9.99 Å². The van der Waals surface area contributed by atoms with Gasteiger partial charge in [-0.3, -0.25) is 0 Å². The first-order valence-corrected chi connectivity index (χ1v) is 6.84. The Hall–Kier alpha value is -2.34. The van der Waals surface area contributed by atoms with Gasteiger partial charge in [-0.25, -0.2) is 4.68 Å². The van der Waals surface area contributed by atoms with E-state index in [1.807, 2.05) is 12.1 Å². The molecule has 0 saturated carbocycles. The molecule has 0 amide bonds. The highest BCUT2D eigenvalue weighted by atomic mass is 32.2. The summed E-state index contributed by atoms with van der Waals surface area (Å²) in [5.74, 6) is 0.688. The molecule has 0 radical (unpaired) electrons. The van der Waals surface area contributed by atoms with E-state index in [1.54, 1.807) is 18.0 Å². The number of hydrogen-bond donors (Lipinski definition) is 0. The second kappa shape index (κ2) is 5.75. The van der Waals surface area contributed by atoms with E-state index in [2.05, 4.69) is 46.5 Å². The quantitative estimate of drug-likeness (QED) is 0.690. The molecule has 0 bridgehead atoms. The third-order valence-electron chi connectivity index (χ3n) is 2.57. The largest absolute Gasteiger partial charge is 0.448 e. The van der Waals surface area contributed by atoms with Crippen molar-refractivity contribution in [3.05, 3.63) is 60.4 Å². The molecule has 0 fully saturated rings. The molecular formula is C14H12N4OS. The number of benzene rings is 1. The van der Waals surface area contributed by atoms with Crippen molar-refractivity contribution in [2.75, 3.05) is 0 Å². The summed E-state index contributed by atoms with van der Waals surface area (Å²) in [4.78, 5) is 1.15. The first-order valence-electron chi connectivity index (χ1n) is 6.03. The maximum atomic E-state index is 5.68. The number of hydrogen-bond acceptors (Lipinski definition) is 5. The van der Waals surface area contributed by atoms with Crippen LogP contribution in [0.3, 0.4) is 0 Å². The minimum absolute atomic E-state index is 0.688. The van der Waals surface area contributed by atoms with Gasteiger partial charge in [0, 0.05) is 4.90 Å². The third-order valence-corrected chi connectivity index (χ3v) is 3.49. The molecule has 2 heterocycles. The number of aromatic nitrogens is 3. The van der Waals surface area contributed by atoms with Gasteiger partial charge < -0.3 is 4.42 Å². The van der Waals surface area contributed by atoms with Crippen molar-refractivity contribution >= 4 is 18.0 Å². The summed E-state index contributed by atoms with van der Waals surface area (Å²) in [7, 11) is 0. The molecule has 3 rings (SSSR count). The van der Waals surface area contributed by atoms with E-state index in [-0.39, 0.29) is 0 Å². The highest BCUT2D eigenvalue weighted by Gasteiger charge is 2.02. The molecule has 6 heteroatoms. The fourth-order valence-electron chi connectivity index (χ4n) is 1.56. The van der Waals surface area contributed by atoms with Crippen LogP contribution in [0.1, 0.15) is 11.3 Å². The number of nitrogens with zero attached hydrogens (tertiary/aromatic N) is 4. The van der Waals surface area contributed by atoms with Gasteiger partial charge in [0.2, 0.25) is 0 Å². The topological polar surface area (TPSA) is 56.2 Å². The molecule has 0 aliphatic carbocycles. The fourth-order valence-corrected chi connectivity index (χ4v) is 2.34. The minimum atomic E-state index is 0.688. The Bertz CT molecular complexity index is 701. The molecule has 2 aromatic heterocycles. The van der Waals surface area contributed by atoms with E-state index in [4.69, 9.17) is 4.42 Å². The lowest BCUT2D eigenvalue weighted by molar-refractivity contribution is 0.468. The summed E-state index contributed by atoms with van der Waals surface area (Å²) in [6.07, 6.45) is 4.66. The predicted octanol–water partition coefficient (Wildman–Crippen LogP) is 3.21. The molecule has 0 aliphatic rings. The Kier molecular flexibility index (Phi) is 3.64. The maximum Gasteiger partial charge on any atom is 0.165 e. The molecule has 5 nitrogen and oxygen atoms in total. The second-order valence-electron chi connectivity index (χ2n) is 4.16. The zero-order valence-electron chi connectivity index (χ0n) is 10.8. The van der Waals surface area contributed by atoms with Crippen molar-refractivity contribution < 1.29 is 4.42 Å². The molecular weight excluding hydrogens is 272 g/mol. The van der Waals surface area contributed by atoms with Crippen molar-refractivity contribution in [1.29, 1.82) is 0 Å². The van der Waals surface area contributed by atoms with Crippen LogP contribution in [0.15, 0.2) is 68.6 Å². The summed E-state index contributed by atoms with van der Waals surface area (Å²) < 4.78 is 7.18. The summed E-state index contributed by atoms with van der Waals surface area (Å²) in [5, 5.41) is 12.3. The monoisotopic (exact) mass is 284 g/mol. The lowest BCUT2D eigenvalue weighted by Crippen LogP contribution is -1.84. The van der Waals surface area contributed by atoms with Crippen molar-refractivity contribution in [1.82, 2.24) is 14.9 Å². The Morgan fingerprint density at radius 1 is 1.10 bits per heavy atom. The van der Waals surface area contributed by atoms with Gasteiger partial charge in [-0.1, -0.05) is 29.5 Å². The molecule has 0 unspecified atom stereocenters. The molecule has 0 N–H and O–H groups in total. The van der Waals surface area contributed by atoms with E-state index in [1.165, 1.54) is 22.9 Å². The zero-order valence-corrected chi connectivity index (χ0v) is 11.6. The Labute approximate surface area is 120 Å². The van der Waals surface area contributed by atoms with Gasteiger partial charge in [0.1, 0.15) is 18.4 Å². The maximum absolute atomic E-state index is 5.68. The zero-order chi connectivity index (χ0) is 13.8. The van der Waals surface area contributed by atoms with E-state index >= 15 is 0 Å². The van der Waals surface area contributed by atoms with Gasteiger partial charge in [-0.2, -0.15) is 5.10 Å². The van der Waals surface area contributed by atoms with Crippen molar-refractivity contribution in [2.24, 2.45) is 5.10 Å². The molecule has 0 saturated heterocycles. The first kappa shape index (κ1) is 12.7. The minimum Gasteiger partial charge on any atom is -0.448 e. The lowest BCUT2D eigenvalue weighted by atomic mass is 10.2. The highest BCUT2D eigenvalue weighted by molar-refractivity contribution is 7.99. The van der Waals surface area contributed by atoms with Crippen molar-refractivity contribution in [3.63, 3.8) is 0 Å². The van der Waals surface area contributed by atoms with Crippen LogP contribution >= 0.6 is 11.8 Å². The van der Waals surface area contributed by atoms with Gasteiger partial charge in [0.05, 0.1) is 6.21 Å². The normalized spacial score (nSPS) is 11.2. The van der Waals surface area contributed by atoms with Gasteiger partial charge in [0.15, 0.2) is 5.09 Å². The average Bonchev–Trinajstić information content (AvgIpc) is 3.10. The lowest BCUT2D eigenvalue weighted by Gasteiger charge is -1.98. The van der Waals surface area contributed by atoms with Crippen LogP contribution in [0.5, 0.6) is 0 Å². The van der Waals surface area contributed by atoms with Crippen LogP contribution in [0.4, 0.5) is 0 Å². The summed E-state index contributed by atoms with van der Waals surface area (Å²) in [6.45, 7) is 2.07. The SMILES string of the molecule is Cc1ccc(Sc2ccc(/C=N/n3cnnc3)o2)cc1. The van der Waals surface area contributed by atoms with Gasteiger partial charge in [0.25, 0.3) is 0 Å². The molecule has 100 valence electrons. The van der Waals surface area contributed by atoms with Crippen LogP contribution in [0, 0.1) is 6.92 Å². The average molecular weight is 284 g/mol. The van der Waals surface area contributed by atoms with Crippen molar-refractivity contribution in [3.8, 4) is 0 Å². The Morgan fingerprint density at radius 2 is 1.85 bits per heavy atom. The molecule has 0 spiro atoms. The molecule has 1 aromatic carbocycles. The molecule has 0 aliphatic heterocycles. The Balaban J connectivity index is 1.69. The number of rotatable bonds is 4. The van der Waals surface area contributed by atoms with Crippen LogP contribution in [-0.4, -0.2) is 21.1 Å². The highest BCUT2D eigenvalue weighted by Crippen LogP contribution is 2.28. The first-order chi connectivity index (χ1) is 9.79. The van der Waals surface area contributed by atoms with E-state index < -0.39 is 0 Å². The van der Waals surface area contributed by atoms with Crippen LogP contribution in [0.2, 0.25) is 0 Å². The summed E-state index contributed by atoms with van der Waals surface area (Å²) in [6, 6.07) is 12.1. The van der Waals surface area contributed by atoms with Gasteiger partial charge in [-0.05, 0) is 31.2 Å². The van der Waals surface area contributed by atoms with E-state index in [9.17, 15) is 0 Å². The smallest absolute Gasteiger partial charge is 0.165 e. The summed E-state index contributed by atoms with van der Waals surface area (Å²) in [5.41, 5.74) is 1.25. The van der Waals surface area contributed by atoms with Crippen LogP contribution < -0.4 is 0 Å². The molecule has 0 atom stereocenters. The van der Waals surface area contributed by atoms with Gasteiger partial charge in [-0.15, -0.1) is 10.2 Å². The standard InChI is InChI=1S/C14H12N4OS/c1-11-2-5-13(6-3-11)20-14-7-4-12(19-14)8-17-18-9-15-16-10-18/h2-10H,1H3/b17-8+. The third kappa shape index (κ3) is 3.16. The molecule has 3 aromatic rings. The number of furan rings is 1. The fraction of sp³-hybridized carbons (Fsp3) is 0.0714. The van der Waals surface area contributed by atoms with Crippen LogP contribution in [0.25, 0.3) is 0 Å². The summed E-state index contributed by atoms with van der Waals surface area (Å²) >= 11 is 1.58. The molecule has 20 heavy (non-hydrogen) atoms. The second-order valence-corrected chi connectivity index (χ2v) is 5.24. The Morgan fingerprint density at radius 3 is 2.60 bits per heavy atom. The predicted molar refractivity (Wildman–Crippen MR) is 77.0 cm³/mol. The van der Waals surface area contributed by atoms with Gasteiger partial charge >= 0.3 is 0 Å². The van der Waals surface area contributed by atoms with Crippen LogP contribution in [-0.2, 0) is 0 Å². The number of aryl methyl sites for hydroxylation is 1. The van der Waals surface area contributed by atoms with Crippen molar-refractivity contribution in [2.45, 2.75) is 16.9 Å².